The van der Waals surface area contributed by atoms with Gasteiger partial charge in [-0.25, -0.2) is 0 Å². The minimum atomic E-state index is -0.132. The SMILES string of the molecule is COc1ccc(OCCNCCC(=O)Nc2cccc(Cl)c2Cl)cc1. The Hall–Kier alpha value is -1.95. The van der Waals surface area contributed by atoms with Crippen LogP contribution < -0.4 is 20.1 Å². The lowest BCUT2D eigenvalue weighted by atomic mass is 10.3. The van der Waals surface area contributed by atoms with E-state index in [4.69, 9.17) is 32.7 Å². The van der Waals surface area contributed by atoms with Crippen LogP contribution in [0.5, 0.6) is 11.5 Å². The van der Waals surface area contributed by atoms with E-state index in [1.807, 2.05) is 24.3 Å². The number of amides is 1. The molecule has 0 fully saturated rings. The Bertz CT molecular complexity index is 693. The van der Waals surface area contributed by atoms with Gasteiger partial charge in [0.15, 0.2) is 0 Å². The van der Waals surface area contributed by atoms with Crippen molar-refractivity contribution in [1.82, 2.24) is 5.32 Å². The summed E-state index contributed by atoms with van der Waals surface area (Å²) >= 11 is 11.9. The number of carbonyl (C=O) groups is 1. The molecule has 25 heavy (non-hydrogen) atoms. The third kappa shape index (κ3) is 6.46. The van der Waals surface area contributed by atoms with Crippen molar-refractivity contribution in [3.63, 3.8) is 0 Å². The van der Waals surface area contributed by atoms with Crippen molar-refractivity contribution in [2.75, 3.05) is 32.1 Å². The molecule has 0 bridgehead atoms. The number of hydrogen-bond acceptors (Lipinski definition) is 4. The molecule has 134 valence electrons. The minimum Gasteiger partial charge on any atom is -0.497 e. The number of methoxy groups -OCH3 is 1. The van der Waals surface area contributed by atoms with Crippen molar-refractivity contribution in [3.8, 4) is 11.5 Å². The van der Waals surface area contributed by atoms with Crippen LogP contribution in [0.1, 0.15) is 6.42 Å². The number of carbonyl (C=O) groups excluding carboxylic acids is 1. The maximum atomic E-state index is 11.9. The van der Waals surface area contributed by atoms with Crippen LogP contribution in [-0.4, -0.2) is 32.7 Å². The molecular weight excluding hydrogens is 363 g/mol. The molecule has 0 aliphatic rings. The average molecular weight is 383 g/mol. The van der Waals surface area contributed by atoms with Gasteiger partial charge in [-0.1, -0.05) is 29.3 Å². The molecule has 0 unspecified atom stereocenters. The zero-order valence-electron chi connectivity index (χ0n) is 13.9. The quantitative estimate of drug-likeness (QED) is 0.643. The molecule has 2 aromatic rings. The van der Waals surface area contributed by atoms with Gasteiger partial charge in [0.1, 0.15) is 18.1 Å². The van der Waals surface area contributed by atoms with E-state index in [-0.39, 0.29) is 5.91 Å². The molecule has 0 saturated heterocycles. The molecule has 0 aliphatic heterocycles. The summed E-state index contributed by atoms with van der Waals surface area (Å²) in [6.45, 7) is 1.68. The molecule has 1 amide bonds. The molecule has 0 atom stereocenters. The van der Waals surface area contributed by atoms with E-state index in [9.17, 15) is 4.79 Å². The summed E-state index contributed by atoms with van der Waals surface area (Å²) in [4.78, 5) is 11.9. The zero-order chi connectivity index (χ0) is 18.1. The highest BCUT2D eigenvalue weighted by molar-refractivity contribution is 6.43. The maximum absolute atomic E-state index is 11.9. The molecule has 0 spiro atoms. The van der Waals surface area contributed by atoms with Crippen LogP contribution in [0, 0.1) is 0 Å². The lowest BCUT2D eigenvalue weighted by Crippen LogP contribution is -2.25. The number of nitrogens with one attached hydrogen (secondary N) is 2. The fourth-order valence-corrected chi connectivity index (χ4v) is 2.40. The van der Waals surface area contributed by atoms with E-state index in [2.05, 4.69) is 10.6 Å². The number of anilines is 1. The van der Waals surface area contributed by atoms with Gasteiger partial charge in [0.2, 0.25) is 5.91 Å². The van der Waals surface area contributed by atoms with Crippen LogP contribution in [0.25, 0.3) is 0 Å². The lowest BCUT2D eigenvalue weighted by Gasteiger charge is -2.10. The first-order chi connectivity index (χ1) is 12.1. The first-order valence-electron chi connectivity index (χ1n) is 7.81. The average Bonchev–Trinajstić information content (AvgIpc) is 2.62. The van der Waals surface area contributed by atoms with Crippen LogP contribution in [0.2, 0.25) is 10.0 Å². The second-order valence-electron chi connectivity index (χ2n) is 5.17. The summed E-state index contributed by atoms with van der Waals surface area (Å²) in [7, 11) is 1.62. The molecule has 2 N–H and O–H groups in total. The predicted molar refractivity (Wildman–Crippen MR) is 101 cm³/mol. The Kier molecular flexibility index (Phi) is 7.85. The monoisotopic (exact) mass is 382 g/mol. The molecule has 5 nitrogen and oxygen atoms in total. The van der Waals surface area contributed by atoms with E-state index in [0.29, 0.717) is 41.8 Å². The van der Waals surface area contributed by atoms with E-state index >= 15 is 0 Å². The van der Waals surface area contributed by atoms with Crippen molar-refractivity contribution in [2.45, 2.75) is 6.42 Å². The molecule has 7 heteroatoms. The zero-order valence-corrected chi connectivity index (χ0v) is 15.4. The van der Waals surface area contributed by atoms with Crippen molar-refractivity contribution in [2.24, 2.45) is 0 Å². The predicted octanol–water partition coefficient (Wildman–Crippen LogP) is 4.00. The summed E-state index contributed by atoms with van der Waals surface area (Å²) in [5.41, 5.74) is 0.516. The smallest absolute Gasteiger partial charge is 0.225 e. The highest BCUT2D eigenvalue weighted by atomic mass is 35.5. The molecule has 0 aromatic heterocycles. The Labute approximate surface area is 157 Å². The Morgan fingerprint density at radius 3 is 2.48 bits per heavy atom. The van der Waals surface area contributed by atoms with Crippen LogP contribution in [-0.2, 0) is 4.79 Å². The van der Waals surface area contributed by atoms with Gasteiger partial charge in [-0.15, -0.1) is 0 Å². The molecule has 0 heterocycles. The fourth-order valence-electron chi connectivity index (χ4n) is 2.05. The lowest BCUT2D eigenvalue weighted by molar-refractivity contribution is -0.116. The molecule has 0 radical (unpaired) electrons. The largest absolute Gasteiger partial charge is 0.497 e. The Morgan fingerprint density at radius 2 is 1.76 bits per heavy atom. The van der Waals surface area contributed by atoms with Crippen molar-refractivity contribution in [1.29, 1.82) is 0 Å². The van der Waals surface area contributed by atoms with Crippen molar-refractivity contribution >= 4 is 34.8 Å². The third-order valence-corrected chi connectivity index (χ3v) is 4.18. The van der Waals surface area contributed by atoms with Crippen LogP contribution in [0.3, 0.4) is 0 Å². The van der Waals surface area contributed by atoms with Gasteiger partial charge >= 0.3 is 0 Å². The molecule has 2 aromatic carbocycles. The maximum Gasteiger partial charge on any atom is 0.225 e. The Morgan fingerprint density at radius 1 is 1.04 bits per heavy atom. The standard InChI is InChI=1S/C18H20Cl2N2O3/c1-24-13-5-7-14(8-6-13)25-12-11-21-10-9-17(23)22-16-4-2-3-15(19)18(16)20/h2-8,21H,9-12H2,1H3,(H,22,23). The molecule has 2 rings (SSSR count). The number of hydrogen-bond donors (Lipinski definition) is 2. The van der Waals surface area contributed by atoms with E-state index < -0.39 is 0 Å². The third-order valence-electron chi connectivity index (χ3n) is 3.36. The molecule has 0 saturated carbocycles. The van der Waals surface area contributed by atoms with Crippen molar-refractivity contribution < 1.29 is 14.3 Å². The highest BCUT2D eigenvalue weighted by Crippen LogP contribution is 2.29. The van der Waals surface area contributed by atoms with Gasteiger partial charge in [0, 0.05) is 19.5 Å². The van der Waals surface area contributed by atoms with Crippen LogP contribution in [0.15, 0.2) is 42.5 Å². The highest BCUT2D eigenvalue weighted by Gasteiger charge is 2.07. The number of ether oxygens (including phenoxy) is 2. The number of rotatable bonds is 9. The van der Waals surface area contributed by atoms with E-state index in [0.717, 1.165) is 11.5 Å². The summed E-state index contributed by atoms with van der Waals surface area (Å²) in [5.74, 6) is 1.43. The molecule has 0 aliphatic carbocycles. The summed E-state index contributed by atoms with van der Waals surface area (Å²) < 4.78 is 10.7. The first-order valence-corrected chi connectivity index (χ1v) is 8.57. The van der Waals surface area contributed by atoms with Crippen molar-refractivity contribution in [3.05, 3.63) is 52.5 Å². The number of halogens is 2. The summed E-state index contributed by atoms with van der Waals surface area (Å²) in [5, 5.41) is 6.65. The van der Waals surface area contributed by atoms with Gasteiger partial charge in [0.25, 0.3) is 0 Å². The fraction of sp³-hybridized carbons (Fsp3) is 0.278. The minimum absolute atomic E-state index is 0.132. The van der Waals surface area contributed by atoms with Crippen LogP contribution in [0.4, 0.5) is 5.69 Å². The topological polar surface area (TPSA) is 59.6 Å². The second-order valence-corrected chi connectivity index (χ2v) is 5.96. The summed E-state index contributed by atoms with van der Waals surface area (Å²) in [6, 6.07) is 12.5. The Balaban J connectivity index is 1.60. The van der Waals surface area contributed by atoms with Gasteiger partial charge < -0.3 is 20.1 Å². The van der Waals surface area contributed by atoms with Gasteiger partial charge in [-0.2, -0.15) is 0 Å². The molecular formula is C18H20Cl2N2O3. The first kappa shape index (κ1) is 19.4. The van der Waals surface area contributed by atoms with Gasteiger partial charge in [0.05, 0.1) is 22.8 Å². The van der Waals surface area contributed by atoms with Crippen LogP contribution >= 0.6 is 23.2 Å². The summed E-state index contributed by atoms with van der Waals surface area (Å²) in [6.07, 6.45) is 0.325. The number of benzene rings is 2. The normalized spacial score (nSPS) is 10.4. The van der Waals surface area contributed by atoms with Gasteiger partial charge in [-0.3, -0.25) is 4.79 Å². The van der Waals surface area contributed by atoms with Gasteiger partial charge in [-0.05, 0) is 36.4 Å². The van der Waals surface area contributed by atoms with E-state index in [1.165, 1.54) is 0 Å². The second kappa shape index (κ2) is 10.1. The van der Waals surface area contributed by atoms with E-state index in [1.54, 1.807) is 25.3 Å².